The summed E-state index contributed by atoms with van der Waals surface area (Å²) in [6, 6.07) is -0.208. The molecule has 0 aliphatic heterocycles. The SMILES string of the molecule is CNC(=O)NCc1c(C)noc1C. The Morgan fingerprint density at radius 2 is 2.23 bits per heavy atom. The van der Waals surface area contributed by atoms with E-state index in [1.165, 1.54) is 0 Å². The van der Waals surface area contributed by atoms with Gasteiger partial charge in [-0.15, -0.1) is 0 Å². The molecule has 5 nitrogen and oxygen atoms in total. The van der Waals surface area contributed by atoms with E-state index in [0.29, 0.717) is 6.54 Å². The van der Waals surface area contributed by atoms with Gasteiger partial charge in [-0.05, 0) is 13.8 Å². The number of nitrogens with zero attached hydrogens (tertiary/aromatic N) is 1. The van der Waals surface area contributed by atoms with Crippen LogP contribution in [-0.4, -0.2) is 18.2 Å². The molecule has 0 atom stereocenters. The lowest BCUT2D eigenvalue weighted by atomic mass is 10.2. The minimum absolute atomic E-state index is 0.208. The summed E-state index contributed by atoms with van der Waals surface area (Å²) < 4.78 is 4.94. The van der Waals surface area contributed by atoms with Crippen LogP contribution in [0.5, 0.6) is 0 Å². The molecule has 0 aliphatic carbocycles. The zero-order valence-corrected chi connectivity index (χ0v) is 7.97. The van der Waals surface area contributed by atoms with Gasteiger partial charge in [-0.1, -0.05) is 5.16 Å². The second kappa shape index (κ2) is 3.93. The van der Waals surface area contributed by atoms with E-state index in [-0.39, 0.29) is 6.03 Å². The third-order valence-corrected chi connectivity index (χ3v) is 1.83. The second-order valence-electron chi connectivity index (χ2n) is 2.74. The maximum absolute atomic E-state index is 10.9. The topological polar surface area (TPSA) is 67.2 Å². The molecule has 2 amide bonds. The highest BCUT2D eigenvalue weighted by atomic mass is 16.5. The van der Waals surface area contributed by atoms with Crippen LogP contribution in [0.2, 0.25) is 0 Å². The number of nitrogens with one attached hydrogen (secondary N) is 2. The molecule has 1 aromatic heterocycles. The van der Waals surface area contributed by atoms with Crippen molar-refractivity contribution in [3.8, 4) is 0 Å². The van der Waals surface area contributed by atoms with Gasteiger partial charge in [-0.25, -0.2) is 4.79 Å². The van der Waals surface area contributed by atoms with Gasteiger partial charge in [0.1, 0.15) is 5.76 Å². The van der Waals surface area contributed by atoms with Crippen LogP contribution in [0.15, 0.2) is 4.52 Å². The van der Waals surface area contributed by atoms with Crippen molar-refractivity contribution < 1.29 is 9.32 Å². The molecule has 1 rings (SSSR count). The van der Waals surface area contributed by atoms with E-state index < -0.39 is 0 Å². The van der Waals surface area contributed by atoms with Crippen LogP contribution in [0.25, 0.3) is 0 Å². The number of carbonyl (C=O) groups excluding carboxylic acids is 1. The lowest BCUT2D eigenvalue weighted by Crippen LogP contribution is -2.32. The van der Waals surface area contributed by atoms with Crippen molar-refractivity contribution in [3.05, 3.63) is 17.0 Å². The third-order valence-electron chi connectivity index (χ3n) is 1.83. The van der Waals surface area contributed by atoms with Gasteiger partial charge in [0.25, 0.3) is 0 Å². The fraction of sp³-hybridized carbons (Fsp3) is 0.500. The number of aromatic nitrogens is 1. The summed E-state index contributed by atoms with van der Waals surface area (Å²) in [6.07, 6.45) is 0. The van der Waals surface area contributed by atoms with Crippen LogP contribution < -0.4 is 10.6 Å². The first-order valence-electron chi connectivity index (χ1n) is 4.02. The molecule has 13 heavy (non-hydrogen) atoms. The van der Waals surface area contributed by atoms with E-state index >= 15 is 0 Å². The first-order valence-corrected chi connectivity index (χ1v) is 4.02. The maximum Gasteiger partial charge on any atom is 0.314 e. The van der Waals surface area contributed by atoms with Gasteiger partial charge in [-0.2, -0.15) is 0 Å². The minimum atomic E-state index is -0.208. The van der Waals surface area contributed by atoms with Crippen molar-refractivity contribution in [2.24, 2.45) is 0 Å². The van der Waals surface area contributed by atoms with Crippen LogP contribution in [-0.2, 0) is 6.54 Å². The van der Waals surface area contributed by atoms with Crippen molar-refractivity contribution in [1.29, 1.82) is 0 Å². The molecule has 0 aromatic carbocycles. The number of hydrogen-bond donors (Lipinski definition) is 2. The Balaban J connectivity index is 2.58. The minimum Gasteiger partial charge on any atom is -0.361 e. The highest BCUT2D eigenvalue weighted by Gasteiger charge is 2.08. The lowest BCUT2D eigenvalue weighted by molar-refractivity contribution is 0.242. The van der Waals surface area contributed by atoms with Gasteiger partial charge in [0.05, 0.1) is 5.69 Å². The molecule has 0 bridgehead atoms. The summed E-state index contributed by atoms with van der Waals surface area (Å²) in [5.41, 5.74) is 1.75. The number of amides is 2. The van der Waals surface area contributed by atoms with Crippen molar-refractivity contribution >= 4 is 6.03 Å². The molecule has 0 spiro atoms. The van der Waals surface area contributed by atoms with Crippen molar-refractivity contribution in [2.45, 2.75) is 20.4 Å². The molecular weight excluding hydrogens is 170 g/mol. The standard InChI is InChI=1S/C8H13N3O2/c1-5-7(6(2)13-11-5)4-10-8(12)9-3/h4H2,1-3H3,(H2,9,10,12). The smallest absolute Gasteiger partial charge is 0.314 e. The Bertz CT molecular complexity index is 287. The molecule has 0 unspecified atom stereocenters. The summed E-state index contributed by atoms with van der Waals surface area (Å²) >= 11 is 0. The summed E-state index contributed by atoms with van der Waals surface area (Å²) in [6.45, 7) is 4.11. The predicted molar refractivity (Wildman–Crippen MR) is 47.3 cm³/mol. The Morgan fingerprint density at radius 1 is 1.54 bits per heavy atom. The Hall–Kier alpha value is -1.52. The van der Waals surface area contributed by atoms with E-state index in [2.05, 4.69) is 15.8 Å². The number of aryl methyl sites for hydroxylation is 2. The normalized spacial score (nSPS) is 9.77. The van der Waals surface area contributed by atoms with E-state index in [1.54, 1.807) is 7.05 Å². The molecule has 1 aromatic rings. The molecule has 0 fully saturated rings. The fourth-order valence-electron chi connectivity index (χ4n) is 1.01. The summed E-state index contributed by atoms with van der Waals surface area (Å²) in [7, 11) is 1.57. The summed E-state index contributed by atoms with van der Waals surface area (Å²) in [4.78, 5) is 10.9. The molecule has 5 heteroatoms. The molecule has 0 radical (unpaired) electrons. The Morgan fingerprint density at radius 3 is 2.69 bits per heavy atom. The van der Waals surface area contributed by atoms with E-state index in [4.69, 9.17) is 4.52 Å². The van der Waals surface area contributed by atoms with Crippen molar-refractivity contribution in [3.63, 3.8) is 0 Å². The summed E-state index contributed by atoms with van der Waals surface area (Å²) in [5, 5.41) is 8.90. The highest BCUT2D eigenvalue weighted by Crippen LogP contribution is 2.10. The number of hydrogen-bond acceptors (Lipinski definition) is 3. The van der Waals surface area contributed by atoms with Gasteiger partial charge in [0.2, 0.25) is 0 Å². The second-order valence-corrected chi connectivity index (χ2v) is 2.74. The van der Waals surface area contributed by atoms with E-state index in [9.17, 15) is 4.79 Å². The number of rotatable bonds is 2. The third kappa shape index (κ3) is 2.21. The van der Waals surface area contributed by atoms with Crippen LogP contribution in [0.3, 0.4) is 0 Å². The molecule has 0 saturated heterocycles. The molecular formula is C8H13N3O2. The molecule has 72 valence electrons. The molecule has 0 saturated carbocycles. The lowest BCUT2D eigenvalue weighted by Gasteiger charge is -2.02. The fourth-order valence-corrected chi connectivity index (χ4v) is 1.01. The van der Waals surface area contributed by atoms with Crippen molar-refractivity contribution in [1.82, 2.24) is 15.8 Å². The first-order chi connectivity index (χ1) is 6.15. The van der Waals surface area contributed by atoms with Crippen LogP contribution in [0, 0.1) is 13.8 Å². The molecule has 2 N–H and O–H groups in total. The van der Waals surface area contributed by atoms with E-state index in [1.807, 2.05) is 13.8 Å². The van der Waals surface area contributed by atoms with Crippen molar-refractivity contribution in [2.75, 3.05) is 7.05 Å². The van der Waals surface area contributed by atoms with Gasteiger partial charge in [0.15, 0.2) is 0 Å². The average molecular weight is 183 g/mol. The number of carbonyl (C=O) groups is 1. The quantitative estimate of drug-likeness (QED) is 0.710. The summed E-state index contributed by atoms with van der Waals surface area (Å²) in [5.74, 6) is 0.744. The van der Waals surface area contributed by atoms with Crippen LogP contribution >= 0.6 is 0 Å². The molecule has 1 heterocycles. The maximum atomic E-state index is 10.9. The van der Waals surface area contributed by atoms with Gasteiger partial charge >= 0.3 is 6.03 Å². The van der Waals surface area contributed by atoms with E-state index in [0.717, 1.165) is 17.0 Å². The average Bonchev–Trinajstić information content (AvgIpc) is 2.43. The van der Waals surface area contributed by atoms with Crippen LogP contribution in [0.1, 0.15) is 17.0 Å². The number of urea groups is 1. The monoisotopic (exact) mass is 183 g/mol. The first kappa shape index (κ1) is 9.57. The zero-order chi connectivity index (χ0) is 9.84. The predicted octanol–water partition coefficient (Wildman–Crippen LogP) is 0.720. The highest BCUT2D eigenvalue weighted by molar-refractivity contribution is 5.73. The van der Waals surface area contributed by atoms with Crippen LogP contribution in [0.4, 0.5) is 4.79 Å². The largest absolute Gasteiger partial charge is 0.361 e. The Labute approximate surface area is 76.5 Å². The zero-order valence-electron chi connectivity index (χ0n) is 7.97. The van der Waals surface area contributed by atoms with Gasteiger partial charge in [-0.3, -0.25) is 0 Å². The molecule has 0 aliphatic rings. The van der Waals surface area contributed by atoms with Gasteiger partial charge in [0, 0.05) is 19.2 Å². The Kier molecular flexibility index (Phi) is 2.89. The van der Waals surface area contributed by atoms with Gasteiger partial charge < -0.3 is 15.2 Å².